The Morgan fingerprint density at radius 2 is 1.91 bits per heavy atom. The summed E-state index contributed by atoms with van der Waals surface area (Å²) in [4.78, 5) is 0. The third-order valence-electron chi connectivity index (χ3n) is 1.10. The van der Waals surface area contributed by atoms with E-state index in [0.29, 0.717) is 0 Å². The summed E-state index contributed by atoms with van der Waals surface area (Å²) < 4.78 is 29.9. The third kappa shape index (κ3) is 9.83. The van der Waals surface area contributed by atoms with Gasteiger partial charge in [-0.15, -0.1) is 0 Å². The summed E-state index contributed by atoms with van der Waals surface area (Å²) in [5, 5.41) is 9.06. The predicted molar refractivity (Wildman–Crippen MR) is 37.9 cm³/mol. The van der Waals surface area contributed by atoms with Crippen LogP contribution in [-0.2, 0) is 10.1 Å². The number of quaternary nitrogens is 1. The fourth-order valence-corrected chi connectivity index (χ4v) is 1.11. The van der Waals surface area contributed by atoms with E-state index < -0.39 is 15.9 Å². The van der Waals surface area contributed by atoms with Gasteiger partial charge in [0.15, 0.2) is 0 Å². The van der Waals surface area contributed by atoms with Crippen molar-refractivity contribution in [3.8, 4) is 0 Å². The van der Waals surface area contributed by atoms with Crippen molar-refractivity contribution in [1.82, 2.24) is 0 Å². The summed E-state index contributed by atoms with van der Waals surface area (Å²) in [7, 11) is -1.09. The second-order valence-electron chi connectivity index (χ2n) is 2.96. The molecule has 0 bridgehead atoms. The van der Waals surface area contributed by atoms with E-state index in [1.54, 1.807) is 0 Å². The highest BCUT2D eigenvalue weighted by Gasteiger charge is 2.10. The summed E-state index contributed by atoms with van der Waals surface area (Å²) in [5.41, 5.74) is 0. The van der Waals surface area contributed by atoms with Crippen LogP contribution in [-0.4, -0.2) is 49.2 Å². The van der Waals surface area contributed by atoms with Crippen molar-refractivity contribution < 1.29 is 22.8 Å². The molecule has 0 aromatic carbocycles. The minimum Gasteiger partial charge on any atom is -0.748 e. The number of hydrogen-bond donors (Lipinski definition) is 1. The number of hydroxylamine groups is 3. The Bertz CT molecular complexity index is 203. The van der Waals surface area contributed by atoms with Gasteiger partial charge in [-0.05, 0) is 0 Å². The maximum atomic E-state index is 10.1. The van der Waals surface area contributed by atoms with E-state index in [2.05, 4.69) is 0 Å². The van der Waals surface area contributed by atoms with Crippen LogP contribution in [0.1, 0.15) is 6.42 Å². The first kappa shape index (κ1) is 10.8. The molecule has 0 heterocycles. The van der Waals surface area contributed by atoms with Gasteiger partial charge in [0.25, 0.3) is 0 Å². The zero-order chi connectivity index (χ0) is 9.12. The molecule has 0 aromatic rings. The lowest BCUT2D eigenvalue weighted by molar-refractivity contribution is -1.07. The Hall–Kier alpha value is -0.170. The molecule has 68 valence electrons. The number of rotatable bonds is 4. The second kappa shape index (κ2) is 3.48. The van der Waals surface area contributed by atoms with Crippen LogP contribution in [0.5, 0.6) is 0 Å². The molecule has 0 fully saturated rings. The van der Waals surface area contributed by atoms with Crippen LogP contribution in [0.15, 0.2) is 0 Å². The van der Waals surface area contributed by atoms with E-state index in [0.717, 1.165) is 0 Å². The lowest BCUT2D eigenvalue weighted by Crippen LogP contribution is -2.36. The normalized spacial score (nSPS) is 13.5. The average Bonchev–Trinajstić information content (AvgIpc) is 1.55. The van der Waals surface area contributed by atoms with Gasteiger partial charge < -0.3 is 4.55 Å². The van der Waals surface area contributed by atoms with Crippen molar-refractivity contribution in [1.29, 1.82) is 0 Å². The molecular formula is C5H13NO4S. The molecule has 0 aliphatic rings. The van der Waals surface area contributed by atoms with Gasteiger partial charge in [0.2, 0.25) is 0 Å². The lowest BCUT2D eigenvalue weighted by atomic mass is 10.4. The maximum absolute atomic E-state index is 10.1. The van der Waals surface area contributed by atoms with Gasteiger partial charge in [0.1, 0.15) is 6.54 Å². The minimum atomic E-state index is -4.12. The van der Waals surface area contributed by atoms with Crippen LogP contribution in [0.3, 0.4) is 0 Å². The van der Waals surface area contributed by atoms with Crippen LogP contribution >= 0.6 is 0 Å². The van der Waals surface area contributed by atoms with E-state index in [-0.39, 0.29) is 17.6 Å². The molecule has 0 amide bonds. The molecule has 0 spiro atoms. The van der Waals surface area contributed by atoms with Gasteiger partial charge in [-0.25, -0.2) is 13.6 Å². The first-order chi connectivity index (χ1) is 4.71. The number of hydrogen-bond acceptors (Lipinski definition) is 4. The summed E-state index contributed by atoms with van der Waals surface area (Å²) in [5.74, 6) is -0.408. The van der Waals surface area contributed by atoms with Crippen molar-refractivity contribution in [3.63, 3.8) is 0 Å². The molecule has 0 aromatic heterocycles. The lowest BCUT2D eigenvalue weighted by Gasteiger charge is -2.19. The Kier molecular flexibility index (Phi) is 3.43. The van der Waals surface area contributed by atoms with Crippen LogP contribution in [0.25, 0.3) is 0 Å². The fraction of sp³-hybridized carbons (Fsp3) is 1.00. The topological polar surface area (TPSA) is 77.4 Å². The second-order valence-corrected chi connectivity index (χ2v) is 4.48. The standard InChI is InChI=1S/C5H13NO4S/c1-6(2,7)4-3-5-11(8,9)10/h7H,3-5H2,1-2H3. The van der Waals surface area contributed by atoms with E-state index in [1.807, 2.05) is 0 Å². The molecular weight excluding hydrogens is 170 g/mol. The van der Waals surface area contributed by atoms with E-state index in [4.69, 9.17) is 5.21 Å². The largest absolute Gasteiger partial charge is 0.748 e. The zero-order valence-electron chi connectivity index (χ0n) is 6.65. The molecule has 0 unspecified atom stereocenters. The van der Waals surface area contributed by atoms with Crippen molar-refractivity contribution >= 4 is 10.1 Å². The van der Waals surface area contributed by atoms with Crippen LogP contribution in [0.2, 0.25) is 0 Å². The molecule has 0 saturated carbocycles. The number of nitrogens with zero attached hydrogens (tertiary/aromatic N) is 1. The molecule has 0 aliphatic heterocycles. The molecule has 6 heteroatoms. The van der Waals surface area contributed by atoms with Gasteiger partial charge in [0, 0.05) is 12.2 Å². The molecule has 0 radical (unpaired) electrons. The molecule has 0 saturated heterocycles. The van der Waals surface area contributed by atoms with Crippen LogP contribution < -0.4 is 0 Å². The van der Waals surface area contributed by atoms with E-state index in [9.17, 15) is 13.0 Å². The fourth-order valence-electron chi connectivity index (χ4n) is 0.628. The maximum Gasteiger partial charge on any atom is 0.109 e. The van der Waals surface area contributed by atoms with Gasteiger partial charge in [-0.1, -0.05) is 0 Å². The Labute approximate surface area is 66.5 Å². The third-order valence-corrected chi connectivity index (χ3v) is 1.89. The van der Waals surface area contributed by atoms with Gasteiger partial charge in [-0.2, -0.15) is 4.65 Å². The Morgan fingerprint density at radius 1 is 1.45 bits per heavy atom. The Balaban J connectivity index is 3.61. The Morgan fingerprint density at radius 3 is 2.18 bits per heavy atom. The van der Waals surface area contributed by atoms with Gasteiger partial charge >= 0.3 is 0 Å². The van der Waals surface area contributed by atoms with Crippen molar-refractivity contribution in [2.75, 3.05) is 26.4 Å². The quantitative estimate of drug-likeness (QED) is 0.358. The highest BCUT2D eigenvalue weighted by atomic mass is 32.2. The van der Waals surface area contributed by atoms with Gasteiger partial charge in [0.05, 0.1) is 24.2 Å². The van der Waals surface area contributed by atoms with Crippen LogP contribution in [0, 0.1) is 0 Å². The minimum absolute atomic E-state index is 0.190. The molecule has 11 heavy (non-hydrogen) atoms. The summed E-state index contributed by atoms with van der Waals surface area (Å²) in [6.45, 7) is 0.265. The highest BCUT2D eigenvalue weighted by molar-refractivity contribution is 7.85. The van der Waals surface area contributed by atoms with Crippen LogP contribution in [0.4, 0.5) is 0 Å². The molecule has 1 N–H and O–H groups in total. The van der Waals surface area contributed by atoms with Crippen molar-refractivity contribution in [3.05, 3.63) is 0 Å². The summed E-state index contributed by atoms with van der Waals surface area (Å²) in [6, 6.07) is 0. The molecule has 0 rings (SSSR count). The highest BCUT2D eigenvalue weighted by Crippen LogP contribution is 1.95. The first-order valence-corrected chi connectivity index (χ1v) is 4.78. The smallest absolute Gasteiger partial charge is 0.109 e. The van der Waals surface area contributed by atoms with Gasteiger partial charge in [-0.3, -0.25) is 0 Å². The van der Waals surface area contributed by atoms with Crippen molar-refractivity contribution in [2.24, 2.45) is 0 Å². The summed E-state index contributed by atoms with van der Waals surface area (Å²) in [6.07, 6.45) is 0.190. The van der Waals surface area contributed by atoms with Crippen molar-refractivity contribution in [2.45, 2.75) is 6.42 Å². The van der Waals surface area contributed by atoms with E-state index >= 15 is 0 Å². The summed E-state index contributed by atoms with van der Waals surface area (Å²) >= 11 is 0. The molecule has 5 nitrogen and oxygen atoms in total. The van der Waals surface area contributed by atoms with E-state index in [1.165, 1.54) is 14.1 Å². The first-order valence-electron chi connectivity index (χ1n) is 3.20. The molecule has 0 atom stereocenters. The average molecular weight is 183 g/mol. The molecule has 0 aliphatic carbocycles. The monoisotopic (exact) mass is 183 g/mol. The predicted octanol–water partition coefficient (Wildman–Crippen LogP) is -0.613. The zero-order valence-corrected chi connectivity index (χ0v) is 7.47. The SMILES string of the molecule is C[N+](C)(O)CCCS(=O)(=O)[O-].